The number of nitrogens with zero attached hydrogens (tertiary/aromatic N) is 3. The summed E-state index contributed by atoms with van der Waals surface area (Å²) in [4.78, 5) is 12.7. The molecule has 2 aliphatic rings. The lowest BCUT2D eigenvalue weighted by Gasteiger charge is -2.31. The van der Waals surface area contributed by atoms with E-state index in [1.54, 1.807) is 18.3 Å². The molecule has 1 heterocycles. The molecule has 1 aromatic carbocycles. The molecule has 0 bridgehead atoms. The van der Waals surface area contributed by atoms with E-state index in [1.807, 2.05) is 0 Å². The van der Waals surface area contributed by atoms with Crippen LogP contribution in [-0.2, 0) is 4.74 Å². The van der Waals surface area contributed by atoms with Crippen LogP contribution in [0, 0.1) is 10.1 Å². The monoisotopic (exact) mass is 387 g/mol. The zero-order chi connectivity index (χ0) is 19.2. The summed E-state index contributed by atoms with van der Waals surface area (Å²) in [5.74, 6) is 0. The minimum Gasteiger partial charge on any atom is -0.378 e. The second kappa shape index (κ2) is 8.74. The van der Waals surface area contributed by atoms with Gasteiger partial charge in [-0.3, -0.25) is 15.5 Å². The van der Waals surface area contributed by atoms with Gasteiger partial charge in [-0.2, -0.15) is 5.10 Å². The van der Waals surface area contributed by atoms with Gasteiger partial charge in [-0.15, -0.1) is 0 Å². The van der Waals surface area contributed by atoms with Gasteiger partial charge in [0.15, 0.2) is 5.11 Å². The maximum absolute atomic E-state index is 10.8. The molecule has 0 aromatic heterocycles. The third kappa shape index (κ3) is 4.89. The molecule has 9 heteroatoms. The first-order valence-electron chi connectivity index (χ1n) is 8.64. The summed E-state index contributed by atoms with van der Waals surface area (Å²) in [6.45, 7) is 2.99. The Hall–Kier alpha value is -2.78. The summed E-state index contributed by atoms with van der Waals surface area (Å²) in [7, 11) is 0. The number of nitro benzene ring substituents is 1. The van der Waals surface area contributed by atoms with Crippen LogP contribution in [0.5, 0.6) is 0 Å². The topological polar surface area (TPSA) is 106 Å². The first-order valence-corrected chi connectivity index (χ1v) is 9.05. The van der Waals surface area contributed by atoms with Crippen molar-refractivity contribution in [2.75, 3.05) is 26.3 Å². The van der Waals surface area contributed by atoms with E-state index < -0.39 is 4.92 Å². The van der Waals surface area contributed by atoms with Gasteiger partial charge in [0.2, 0.25) is 0 Å². The number of hydrogen-bond acceptors (Lipinski definition) is 6. The summed E-state index contributed by atoms with van der Waals surface area (Å²) >= 11 is 4.78. The normalized spacial score (nSPS) is 19.1. The number of nitrogens with two attached hydrogens (primary N) is 1. The molecule has 1 aromatic rings. The molecule has 8 nitrogen and oxygen atoms in total. The fraction of sp³-hybridized carbons (Fsp3) is 0.333. The Morgan fingerprint density at radius 1 is 1.30 bits per heavy atom. The Morgan fingerprint density at radius 3 is 2.63 bits per heavy atom. The fourth-order valence-electron chi connectivity index (χ4n) is 3.24. The van der Waals surface area contributed by atoms with Gasteiger partial charge in [0.25, 0.3) is 5.69 Å². The van der Waals surface area contributed by atoms with Crippen molar-refractivity contribution in [3.63, 3.8) is 0 Å². The van der Waals surface area contributed by atoms with E-state index in [9.17, 15) is 10.1 Å². The van der Waals surface area contributed by atoms with Crippen LogP contribution in [0.15, 0.2) is 46.2 Å². The molecular formula is C18H21N5O3S. The van der Waals surface area contributed by atoms with E-state index in [2.05, 4.69) is 21.5 Å². The first kappa shape index (κ1) is 19.0. The molecule has 3 N–H and O–H groups in total. The number of non-ortho nitro benzene ring substituents is 1. The number of hydrogen-bond donors (Lipinski definition) is 2. The lowest BCUT2D eigenvalue weighted by molar-refractivity contribution is -0.384. The van der Waals surface area contributed by atoms with Crippen molar-refractivity contribution >= 4 is 35.3 Å². The second-order valence-electron chi connectivity index (χ2n) is 6.23. The highest BCUT2D eigenvalue weighted by atomic mass is 32.1. The third-order valence-electron chi connectivity index (χ3n) is 4.44. The maximum atomic E-state index is 10.8. The number of hydrazone groups is 1. The van der Waals surface area contributed by atoms with E-state index in [-0.39, 0.29) is 10.8 Å². The molecule has 0 spiro atoms. The Balaban J connectivity index is 1.90. The van der Waals surface area contributed by atoms with Gasteiger partial charge < -0.3 is 15.4 Å². The molecule has 3 rings (SSSR count). The van der Waals surface area contributed by atoms with Crippen LogP contribution in [-0.4, -0.2) is 47.5 Å². The number of rotatable bonds is 5. The quantitative estimate of drug-likeness (QED) is 0.345. The van der Waals surface area contributed by atoms with Crippen LogP contribution in [0.3, 0.4) is 0 Å². The van der Waals surface area contributed by atoms with E-state index in [4.69, 9.17) is 22.7 Å². The van der Waals surface area contributed by atoms with Gasteiger partial charge >= 0.3 is 0 Å². The predicted octanol–water partition coefficient (Wildman–Crippen LogP) is 2.18. The molecule has 1 saturated heterocycles. The van der Waals surface area contributed by atoms with Crippen molar-refractivity contribution in [1.29, 1.82) is 0 Å². The molecule has 0 radical (unpaired) electrons. The highest BCUT2D eigenvalue weighted by Crippen LogP contribution is 2.35. The third-order valence-corrected chi connectivity index (χ3v) is 4.53. The zero-order valence-electron chi connectivity index (χ0n) is 14.8. The fourth-order valence-corrected chi connectivity index (χ4v) is 3.29. The van der Waals surface area contributed by atoms with Crippen molar-refractivity contribution in [3.8, 4) is 0 Å². The lowest BCUT2D eigenvalue weighted by Crippen LogP contribution is -2.36. The second-order valence-corrected chi connectivity index (χ2v) is 6.67. The van der Waals surface area contributed by atoms with Crippen LogP contribution in [0.4, 0.5) is 5.69 Å². The Kier molecular flexibility index (Phi) is 6.15. The van der Waals surface area contributed by atoms with E-state index in [1.165, 1.54) is 17.7 Å². The molecule has 0 unspecified atom stereocenters. The summed E-state index contributed by atoms with van der Waals surface area (Å²) in [5.41, 5.74) is 12.5. The molecule has 0 atom stereocenters. The van der Waals surface area contributed by atoms with E-state index in [0.717, 1.165) is 42.8 Å². The largest absolute Gasteiger partial charge is 0.378 e. The number of nitrogens with one attached hydrogen (secondary N) is 1. The number of benzene rings is 1. The molecule has 0 saturated carbocycles. The van der Waals surface area contributed by atoms with Crippen molar-refractivity contribution in [2.45, 2.75) is 12.8 Å². The SMILES string of the molecule is NC(=S)N/N=C\C1=C(N2CCOCC2)C(=Cc2ccc([N+](=O)[O-])cc2)CC1. The van der Waals surface area contributed by atoms with Crippen molar-refractivity contribution in [3.05, 3.63) is 56.8 Å². The Bertz CT molecular complexity index is 811. The number of morpholine rings is 1. The van der Waals surface area contributed by atoms with E-state index >= 15 is 0 Å². The van der Waals surface area contributed by atoms with Crippen LogP contribution in [0.25, 0.3) is 6.08 Å². The molecular weight excluding hydrogens is 366 g/mol. The van der Waals surface area contributed by atoms with Gasteiger partial charge in [0.1, 0.15) is 0 Å². The first-order chi connectivity index (χ1) is 13.0. The summed E-state index contributed by atoms with van der Waals surface area (Å²) in [6.07, 6.45) is 5.57. The smallest absolute Gasteiger partial charge is 0.269 e. The van der Waals surface area contributed by atoms with Gasteiger partial charge in [-0.1, -0.05) is 0 Å². The Morgan fingerprint density at radius 2 is 2.00 bits per heavy atom. The average molecular weight is 387 g/mol. The van der Waals surface area contributed by atoms with Gasteiger partial charge in [0.05, 0.1) is 24.4 Å². The molecule has 1 fully saturated rings. The number of nitro groups is 1. The average Bonchev–Trinajstić information content (AvgIpc) is 3.05. The van der Waals surface area contributed by atoms with Crippen molar-refractivity contribution in [1.82, 2.24) is 10.3 Å². The zero-order valence-corrected chi connectivity index (χ0v) is 15.6. The lowest BCUT2D eigenvalue weighted by atomic mass is 10.1. The van der Waals surface area contributed by atoms with Crippen LogP contribution in [0.1, 0.15) is 18.4 Å². The number of thiocarbonyl (C=S) groups is 1. The minimum atomic E-state index is -0.394. The number of ether oxygens (including phenoxy) is 1. The van der Waals surface area contributed by atoms with Gasteiger partial charge in [-0.25, -0.2) is 0 Å². The van der Waals surface area contributed by atoms with Crippen molar-refractivity contribution in [2.24, 2.45) is 10.8 Å². The number of allylic oxidation sites excluding steroid dienone is 2. The highest BCUT2D eigenvalue weighted by Gasteiger charge is 2.25. The van der Waals surface area contributed by atoms with Crippen LogP contribution >= 0.6 is 12.2 Å². The molecule has 0 amide bonds. The van der Waals surface area contributed by atoms with Gasteiger partial charge in [-0.05, 0) is 60.0 Å². The molecule has 1 aliphatic carbocycles. The standard InChI is InChI=1S/C18H21N5O3S/c19-18(27)21-20-12-15-4-3-14(17(15)22-7-9-26-10-8-22)11-13-1-5-16(6-2-13)23(24)25/h1-2,5-6,11-12H,3-4,7-10H2,(H3,19,21,27)/b14-11?,20-12-. The molecule has 27 heavy (non-hydrogen) atoms. The highest BCUT2D eigenvalue weighted by molar-refractivity contribution is 7.80. The van der Waals surface area contributed by atoms with Gasteiger partial charge in [0, 0.05) is 30.9 Å². The molecule has 1 aliphatic heterocycles. The summed E-state index contributed by atoms with van der Waals surface area (Å²) < 4.78 is 5.47. The predicted molar refractivity (Wildman–Crippen MR) is 108 cm³/mol. The molecule has 142 valence electrons. The summed E-state index contributed by atoms with van der Waals surface area (Å²) in [6, 6.07) is 6.58. The van der Waals surface area contributed by atoms with E-state index in [0.29, 0.717) is 13.2 Å². The Labute approximate surface area is 162 Å². The van der Waals surface area contributed by atoms with Crippen molar-refractivity contribution < 1.29 is 9.66 Å². The van der Waals surface area contributed by atoms with Crippen LogP contribution < -0.4 is 11.2 Å². The van der Waals surface area contributed by atoms with Crippen LogP contribution in [0.2, 0.25) is 0 Å². The maximum Gasteiger partial charge on any atom is 0.269 e. The minimum absolute atomic E-state index is 0.0872. The summed E-state index contributed by atoms with van der Waals surface area (Å²) in [5, 5.41) is 15.1.